The summed E-state index contributed by atoms with van der Waals surface area (Å²) in [5.41, 5.74) is 1.56. The van der Waals surface area contributed by atoms with Crippen LogP contribution in [0, 0.1) is 0 Å². The molecule has 0 unspecified atom stereocenters. The standard InChI is InChI=1S/C15H20O3/c1-4-15(2,9-6-10-16)13-8-5-7-12(11-13)14(17)18-3/h5,7-8,10-11H,4,6,9H2,1-3H3/t15-/m1/s1. The van der Waals surface area contributed by atoms with Gasteiger partial charge in [-0.1, -0.05) is 26.0 Å². The van der Waals surface area contributed by atoms with Crippen LogP contribution in [0.1, 0.15) is 49.0 Å². The first-order valence-electron chi connectivity index (χ1n) is 6.20. The molecule has 0 heterocycles. The molecule has 98 valence electrons. The molecule has 18 heavy (non-hydrogen) atoms. The molecule has 1 aromatic carbocycles. The highest BCUT2D eigenvalue weighted by Crippen LogP contribution is 2.32. The Kier molecular flexibility index (Phi) is 5.08. The van der Waals surface area contributed by atoms with Crippen molar-refractivity contribution in [2.75, 3.05) is 7.11 Å². The summed E-state index contributed by atoms with van der Waals surface area (Å²) in [6.45, 7) is 4.21. The first-order chi connectivity index (χ1) is 8.57. The molecule has 1 atom stereocenters. The minimum atomic E-state index is -0.328. The van der Waals surface area contributed by atoms with Crippen molar-refractivity contribution in [2.24, 2.45) is 0 Å². The maximum atomic E-state index is 11.5. The molecule has 0 aliphatic carbocycles. The summed E-state index contributed by atoms with van der Waals surface area (Å²) in [6, 6.07) is 7.46. The molecule has 0 saturated carbocycles. The SMILES string of the molecule is CC[C@](C)(CCC=O)c1cccc(C(=O)OC)c1. The van der Waals surface area contributed by atoms with E-state index in [4.69, 9.17) is 4.74 Å². The molecule has 0 fully saturated rings. The lowest BCUT2D eigenvalue weighted by Gasteiger charge is -2.28. The topological polar surface area (TPSA) is 43.4 Å². The van der Waals surface area contributed by atoms with Crippen molar-refractivity contribution in [1.29, 1.82) is 0 Å². The van der Waals surface area contributed by atoms with E-state index in [0.717, 1.165) is 24.7 Å². The Morgan fingerprint density at radius 3 is 2.72 bits per heavy atom. The second-order valence-corrected chi connectivity index (χ2v) is 4.69. The minimum Gasteiger partial charge on any atom is -0.465 e. The first kappa shape index (κ1) is 14.4. The van der Waals surface area contributed by atoms with Crippen LogP contribution in [0.25, 0.3) is 0 Å². The van der Waals surface area contributed by atoms with E-state index in [1.807, 2.05) is 18.2 Å². The van der Waals surface area contributed by atoms with Crippen LogP contribution in [0.15, 0.2) is 24.3 Å². The average Bonchev–Trinajstić information content (AvgIpc) is 2.44. The third-order valence-corrected chi connectivity index (χ3v) is 3.57. The number of aldehydes is 1. The van der Waals surface area contributed by atoms with Crippen LogP contribution in [-0.2, 0) is 14.9 Å². The Balaban J connectivity index is 3.06. The van der Waals surface area contributed by atoms with Crippen LogP contribution >= 0.6 is 0 Å². The van der Waals surface area contributed by atoms with Gasteiger partial charge in [0.2, 0.25) is 0 Å². The van der Waals surface area contributed by atoms with Crippen molar-refractivity contribution in [3.05, 3.63) is 35.4 Å². The minimum absolute atomic E-state index is 0.0784. The summed E-state index contributed by atoms with van der Waals surface area (Å²) in [5, 5.41) is 0. The van der Waals surface area contributed by atoms with E-state index in [1.54, 1.807) is 6.07 Å². The van der Waals surface area contributed by atoms with Crippen LogP contribution < -0.4 is 0 Å². The number of hydrogen-bond donors (Lipinski definition) is 0. The van der Waals surface area contributed by atoms with Crippen LogP contribution in [-0.4, -0.2) is 19.4 Å². The molecule has 3 heteroatoms. The van der Waals surface area contributed by atoms with Crippen molar-refractivity contribution in [3.63, 3.8) is 0 Å². The van der Waals surface area contributed by atoms with Gasteiger partial charge in [0.25, 0.3) is 0 Å². The number of rotatable bonds is 6. The van der Waals surface area contributed by atoms with Crippen molar-refractivity contribution < 1.29 is 14.3 Å². The molecule has 0 aromatic heterocycles. The van der Waals surface area contributed by atoms with Crippen molar-refractivity contribution in [1.82, 2.24) is 0 Å². The van der Waals surface area contributed by atoms with E-state index in [9.17, 15) is 9.59 Å². The molecule has 0 bridgehead atoms. The van der Waals surface area contributed by atoms with Crippen molar-refractivity contribution in [2.45, 2.75) is 38.5 Å². The molecule has 3 nitrogen and oxygen atoms in total. The second kappa shape index (κ2) is 6.34. The maximum absolute atomic E-state index is 11.5. The zero-order valence-corrected chi connectivity index (χ0v) is 11.2. The van der Waals surface area contributed by atoms with Crippen LogP contribution in [0.2, 0.25) is 0 Å². The predicted octanol–water partition coefficient (Wildman–Crippen LogP) is 3.12. The van der Waals surface area contributed by atoms with E-state index in [2.05, 4.69) is 13.8 Å². The monoisotopic (exact) mass is 248 g/mol. The fourth-order valence-electron chi connectivity index (χ4n) is 2.04. The largest absolute Gasteiger partial charge is 0.465 e. The van der Waals surface area contributed by atoms with Crippen LogP contribution in [0.3, 0.4) is 0 Å². The Bertz CT molecular complexity index is 426. The van der Waals surface area contributed by atoms with E-state index in [0.29, 0.717) is 12.0 Å². The van der Waals surface area contributed by atoms with Gasteiger partial charge < -0.3 is 9.53 Å². The van der Waals surface area contributed by atoms with Gasteiger partial charge in [-0.05, 0) is 36.0 Å². The third-order valence-electron chi connectivity index (χ3n) is 3.57. The molecule has 0 saturated heterocycles. The molecule has 0 aliphatic rings. The van der Waals surface area contributed by atoms with Crippen molar-refractivity contribution >= 4 is 12.3 Å². The Hall–Kier alpha value is -1.64. The van der Waals surface area contributed by atoms with Crippen molar-refractivity contribution in [3.8, 4) is 0 Å². The molecular formula is C15H20O3. The summed E-state index contributed by atoms with van der Waals surface area (Å²) in [5.74, 6) is -0.328. The third kappa shape index (κ3) is 3.19. The number of methoxy groups -OCH3 is 1. The van der Waals surface area contributed by atoms with Gasteiger partial charge in [-0.2, -0.15) is 0 Å². The van der Waals surface area contributed by atoms with E-state index < -0.39 is 0 Å². The Morgan fingerprint density at radius 1 is 1.44 bits per heavy atom. The van der Waals surface area contributed by atoms with Crippen LogP contribution in [0.5, 0.6) is 0 Å². The summed E-state index contributed by atoms with van der Waals surface area (Å²) >= 11 is 0. The molecule has 0 spiro atoms. The molecule has 0 N–H and O–H groups in total. The van der Waals surface area contributed by atoms with Gasteiger partial charge >= 0.3 is 5.97 Å². The Morgan fingerprint density at radius 2 is 2.17 bits per heavy atom. The molecule has 1 aromatic rings. The quantitative estimate of drug-likeness (QED) is 0.574. The number of benzene rings is 1. The van der Waals surface area contributed by atoms with Gasteiger partial charge in [-0.15, -0.1) is 0 Å². The smallest absolute Gasteiger partial charge is 0.337 e. The maximum Gasteiger partial charge on any atom is 0.337 e. The number of hydrogen-bond acceptors (Lipinski definition) is 3. The summed E-state index contributed by atoms with van der Waals surface area (Å²) in [7, 11) is 1.38. The number of carbonyl (C=O) groups is 2. The number of ether oxygens (including phenoxy) is 1. The average molecular weight is 248 g/mol. The Labute approximate surface area is 108 Å². The van der Waals surface area contributed by atoms with Gasteiger partial charge in [0.05, 0.1) is 12.7 Å². The zero-order valence-electron chi connectivity index (χ0n) is 11.2. The lowest BCUT2D eigenvalue weighted by Crippen LogP contribution is -2.21. The van der Waals surface area contributed by atoms with Gasteiger partial charge in [-0.25, -0.2) is 4.79 Å². The molecule has 1 rings (SSSR count). The highest BCUT2D eigenvalue weighted by molar-refractivity contribution is 5.89. The fourth-order valence-corrected chi connectivity index (χ4v) is 2.04. The van der Waals surface area contributed by atoms with E-state index in [1.165, 1.54) is 7.11 Å². The van der Waals surface area contributed by atoms with Gasteiger partial charge in [0.15, 0.2) is 0 Å². The zero-order chi connectivity index (χ0) is 13.6. The highest BCUT2D eigenvalue weighted by atomic mass is 16.5. The van der Waals surface area contributed by atoms with Gasteiger partial charge in [-0.3, -0.25) is 0 Å². The molecule has 0 amide bonds. The van der Waals surface area contributed by atoms with Gasteiger partial charge in [0, 0.05) is 6.42 Å². The molecular weight excluding hydrogens is 228 g/mol. The summed E-state index contributed by atoms with van der Waals surface area (Å²) < 4.78 is 4.72. The van der Waals surface area contributed by atoms with E-state index >= 15 is 0 Å². The second-order valence-electron chi connectivity index (χ2n) is 4.69. The summed E-state index contributed by atoms with van der Waals surface area (Å²) in [4.78, 5) is 22.1. The number of esters is 1. The molecule has 0 aliphatic heterocycles. The summed E-state index contributed by atoms with van der Waals surface area (Å²) in [6.07, 6.45) is 3.19. The normalized spacial score (nSPS) is 13.7. The lowest BCUT2D eigenvalue weighted by atomic mass is 9.76. The van der Waals surface area contributed by atoms with Crippen LogP contribution in [0.4, 0.5) is 0 Å². The predicted molar refractivity (Wildman–Crippen MR) is 70.7 cm³/mol. The fraction of sp³-hybridized carbons (Fsp3) is 0.467. The molecule has 0 radical (unpaired) electrons. The van der Waals surface area contributed by atoms with Gasteiger partial charge in [0.1, 0.15) is 6.29 Å². The van der Waals surface area contributed by atoms with E-state index in [-0.39, 0.29) is 11.4 Å². The highest BCUT2D eigenvalue weighted by Gasteiger charge is 2.24. The number of carbonyl (C=O) groups excluding carboxylic acids is 2. The first-order valence-corrected chi connectivity index (χ1v) is 6.20. The lowest BCUT2D eigenvalue weighted by molar-refractivity contribution is -0.108.